The van der Waals surface area contributed by atoms with Crippen LogP contribution in [0.5, 0.6) is 11.5 Å². The number of nitro groups is 1. The number of hydrogen-bond donors (Lipinski definition) is 0. The lowest BCUT2D eigenvalue weighted by atomic mass is 10.1. The monoisotopic (exact) mass is 436 g/mol. The van der Waals surface area contributed by atoms with Gasteiger partial charge in [-0.1, -0.05) is 0 Å². The van der Waals surface area contributed by atoms with E-state index < -0.39 is 29.2 Å². The van der Waals surface area contributed by atoms with Crippen molar-refractivity contribution in [3.63, 3.8) is 0 Å². The number of fused-ring (bicyclic) bond motifs is 2. The fourth-order valence-electron chi connectivity index (χ4n) is 3.52. The fourth-order valence-corrected chi connectivity index (χ4v) is 3.52. The molecule has 0 unspecified atom stereocenters. The quantitative estimate of drug-likeness (QED) is 0.379. The Morgan fingerprint density at radius 1 is 1.09 bits per heavy atom. The molecule has 3 amide bonds. The minimum Gasteiger partial charge on any atom is -0.486 e. The normalized spacial score (nSPS) is 14.0. The number of anilines is 1. The van der Waals surface area contributed by atoms with Crippen LogP contribution in [0.1, 0.15) is 27.1 Å². The van der Waals surface area contributed by atoms with Crippen LogP contribution in [0.3, 0.4) is 0 Å². The summed E-state index contributed by atoms with van der Waals surface area (Å²) in [6.45, 7) is 0.203. The Morgan fingerprint density at radius 2 is 1.81 bits per heavy atom. The van der Waals surface area contributed by atoms with Gasteiger partial charge in [0.1, 0.15) is 19.8 Å². The highest BCUT2D eigenvalue weighted by atomic mass is 16.6. The van der Waals surface area contributed by atoms with Gasteiger partial charge in [0.15, 0.2) is 11.5 Å². The van der Waals surface area contributed by atoms with E-state index in [9.17, 15) is 24.5 Å². The van der Waals surface area contributed by atoms with Crippen molar-refractivity contribution in [2.45, 2.75) is 6.42 Å². The summed E-state index contributed by atoms with van der Waals surface area (Å²) < 4.78 is 11.0. The van der Waals surface area contributed by atoms with E-state index in [0.717, 1.165) is 17.0 Å². The maximum Gasteiger partial charge on any atom is 0.270 e. The standard InChI is InChI=1S/C21H16N4O7/c22-6-1-7-23(13-3-5-17-18(11-13)32-9-8-31-17)19(26)12-24-20(27)15-4-2-14(25(29)30)10-16(15)21(24)28/h2-5,10-11H,1,7-9,12H2. The van der Waals surface area contributed by atoms with E-state index in [0.29, 0.717) is 30.4 Å². The first-order chi connectivity index (χ1) is 15.4. The minimum atomic E-state index is -0.788. The van der Waals surface area contributed by atoms with Crippen LogP contribution in [0.4, 0.5) is 11.4 Å². The van der Waals surface area contributed by atoms with Crippen molar-refractivity contribution in [2.24, 2.45) is 0 Å². The average molecular weight is 436 g/mol. The summed E-state index contributed by atoms with van der Waals surface area (Å²) in [5.74, 6) is -1.13. The first-order valence-corrected chi connectivity index (χ1v) is 9.62. The van der Waals surface area contributed by atoms with E-state index in [2.05, 4.69) is 0 Å². The predicted molar refractivity (Wildman–Crippen MR) is 108 cm³/mol. The molecule has 32 heavy (non-hydrogen) atoms. The van der Waals surface area contributed by atoms with Gasteiger partial charge < -0.3 is 14.4 Å². The van der Waals surface area contributed by atoms with Gasteiger partial charge in [-0.15, -0.1) is 0 Å². The largest absolute Gasteiger partial charge is 0.486 e. The zero-order chi connectivity index (χ0) is 22.8. The number of imide groups is 1. The Hall–Kier alpha value is -4.46. The van der Waals surface area contributed by atoms with Gasteiger partial charge in [0, 0.05) is 30.4 Å². The maximum absolute atomic E-state index is 13.1. The zero-order valence-corrected chi connectivity index (χ0v) is 16.6. The number of rotatable bonds is 6. The molecule has 0 N–H and O–H groups in total. The highest BCUT2D eigenvalue weighted by molar-refractivity contribution is 6.23. The van der Waals surface area contributed by atoms with E-state index in [-0.39, 0.29) is 29.8 Å². The molecule has 0 radical (unpaired) electrons. The molecule has 0 aliphatic carbocycles. The minimum absolute atomic E-state index is 0.00342. The van der Waals surface area contributed by atoms with Gasteiger partial charge in [0.2, 0.25) is 5.91 Å². The first kappa shape index (κ1) is 20.8. The molecular formula is C21H16N4O7. The summed E-state index contributed by atoms with van der Waals surface area (Å²) in [6, 6.07) is 10.2. The van der Waals surface area contributed by atoms with Crippen LogP contribution in [0.25, 0.3) is 0 Å². The summed E-state index contributed by atoms with van der Waals surface area (Å²) >= 11 is 0. The van der Waals surface area contributed by atoms with Crippen LogP contribution >= 0.6 is 0 Å². The van der Waals surface area contributed by atoms with E-state index in [1.165, 1.54) is 11.0 Å². The molecule has 2 heterocycles. The number of carbonyl (C=O) groups excluding carboxylic acids is 3. The number of hydrogen-bond acceptors (Lipinski definition) is 8. The number of nitro benzene ring substituents is 1. The molecule has 0 saturated heterocycles. The van der Waals surface area contributed by atoms with Crippen molar-refractivity contribution in [1.82, 2.24) is 4.90 Å². The number of benzene rings is 2. The third kappa shape index (κ3) is 3.69. The smallest absolute Gasteiger partial charge is 0.270 e. The number of nitrogens with zero attached hydrogens (tertiary/aromatic N) is 4. The second-order valence-electron chi connectivity index (χ2n) is 6.96. The molecule has 0 saturated carbocycles. The second-order valence-corrected chi connectivity index (χ2v) is 6.96. The van der Waals surface area contributed by atoms with Crippen molar-refractivity contribution in [2.75, 3.05) is 31.2 Å². The van der Waals surface area contributed by atoms with E-state index >= 15 is 0 Å². The van der Waals surface area contributed by atoms with Crippen LogP contribution < -0.4 is 14.4 Å². The third-order valence-corrected chi connectivity index (χ3v) is 5.04. The lowest BCUT2D eigenvalue weighted by Crippen LogP contribution is -2.43. The Bertz CT molecular complexity index is 1190. The molecule has 0 spiro atoms. The molecule has 0 fully saturated rings. The summed E-state index contributed by atoms with van der Waals surface area (Å²) in [7, 11) is 0. The lowest BCUT2D eigenvalue weighted by molar-refractivity contribution is -0.384. The van der Waals surface area contributed by atoms with Gasteiger partial charge in [-0.25, -0.2) is 0 Å². The SMILES string of the molecule is N#CCCN(C(=O)CN1C(=O)c2ccc([N+](=O)[O-])cc2C1=O)c1ccc2c(c1)OCCO2. The molecule has 0 aromatic heterocycles. The van der Waals surface area contributed by atoms with Gasteiger partial charge in [-0.3, -0.25) is 29.4 Å². The summed E-state index contributed by atoms with van der Waals surface area (Å²) in [4.78, 5) is 50.8. The highest BCUT2D eigenvalue weighted by Gasteiger charge is 2.38. The predicted octanol–water partition coefficient (Wildman–Crippen LogP) is 1.91. The van der Waals surface area contributed by atoms with E-state index in [4.69, 9.17) is 14.7 Å². The van der Waals surface area contributed by atoms with Crippen molar-refractivity contribution in [3.05, 3.63) is 57.6 Å². The molecular weight excluding hydrogens is 420 g/mol. The maximum atomic E-state index is 13.1. The average Bonchev–Trinajstić information content (AvgIpc) is 3.03. The number of amides is 3. The molecule has 2 aliphatic heterocycles. The zero-order valence-electron chi connectivity index (χ0n) is 16.6. The van der Waals surface area contributed by atoms with Crippen LogP contribution in [0, 0.1) is 21.4 Å². The van der Waals surface area contributed by atoms with Gasteiger partial charge in [-0.05, 0) is 18.2 Å². The van der Waals surface area contributed by atoms with Crippen molar-refractivity contribution >= 4 is 29.1 Å². The first-order valence-electron chi connectivity index (χ1n) is 9.62. The molecule has 0 atom stereocenters. The van der Waals surface area contributed by atoms with Crippen molar-refractivity contribution in [1.29, 1.82) is 5.26 Å². The Kier molecular flexibility index (Phi) is 5.43. The van der Waals surface area contributed by atoms with E-state index in [1.54, 1.807) is 18.2 Å². The topological polar surface area (TPSA) is 143 Å². The molecule has 11 heteroatoms. The molecule has 11 nitrogen and oxygen atoms in total. The lowest BCUT2D eigenvalue weighted by Gasteiger charge is -2.26. The van der Waals surface area contributed by atoms with Gasteiger partial charge in [-0.2, -0.15) is 5.26 Å². The molecule has 0 bridgehead atoms. The van der Waals surface area contributed by atoms with Crippen LogP contribution in [-0.2, 0) is 4.79 Å². The Balaban J connectivity index is 1.59. The molecule has 2 aromatic rings. The van der Waals surface area contributed by atoms with Crippen LogP contribution in [0.2, 0.25) is 0 Å². The van der Waals surface area contributed by atoms with Crippen molar-refractivity contribution < 1.29 is 28.8 Å². The van der Waals surface area contributed by atoms with Gasteiger partial charge in [0.05, 0.1) is 28.5 Å². The number of ether oxygens (including phenoxy) is 2. The molecule has 2 aromatic carbocycles. The van der Waals surface area contributed by atoms with Crippen molar-refractivity contribution in [3.8, 4) is 17.6 Å². The van der Waals surface area contributed by atoms with E-state index in [1.807, 2.05) is 6.07 Å². The van der Waals surface area contributed by atoms with Crippen LogP contribution in [0.15, 0.2) is 36.4 Å². The van der Waals surface area contributed by atoms with Gasteiger partial charge >= 0.3 is 0 Å². The second kappa shape index (κ2) is 8.35. The molecule has 2 aliphatic rings. The third-order valence-electron chi connectivity index (χ3n) is 5.04. The number of nitriles is 1. The fraction of sp³-hybridized carbons (Fsp3) is 0.238. The Morgan fingerprint density at radius 3 is 2.53 bits per heavy atom. The summed E-state index contributed by atoms with van der Waals surface area (Å²) in [5, 5.41) is 20.0. The molecule has 4 rings (SSSR count). The number of carbonyl (C=O) groups is 3. The Labute approximate surface area is 181 Å². The summed E-state index contributed by atoms with van der Waals surface area (Å²) in [6.07, 6.45) is 0.0223. The molecule has 162 valence electrons. The van der Waals surface area contributed by atoms with Gasteiger partial charge in [0.25, 0.3) is 17.5 Å². The van der Waals surface area contributed by atoms with Crippen LogP contribution in [-0.4, -0.2) is 53.8 Å². The highest BCUT2D eigenvalue weighted by Crippen LogP contribution is 2.34. The summed E-state index contributed by atoms with van der Waals surface area (Å²) in [5.41, 5.74) is -0.0389. The number of non-ortho nitro benzene ring substituents is 1.